The topological polar surface area (TPSA) is 87.6 Å². The third-order valence-corrected chi connectivity index (χ3v) is 3.57. The number of nitrogens with zero attached hydrogens (tertiary/aromatic N) is 3. The van der Waals surface area contributed by atoms with E-state index in [9.17, 15) is 5.26 Å². The lowest BCUT2D eigenvalue weighted by Gasteiger charge is -2.14. The first-order valence-corrected chi connectivity index (χ1v) is 7.32. The van der Waals surface area contributed by atoms with Crippen molar-refractivity contribution >= 4 is 33.3 Å². The lowest BCUT2D eigenvalue weighted by atomic mass is 10.1. The molecule has 0 aliphatic rings. The molecule has 0 aliphatic heterocycles. The molecule has 5 nitrogen and oxygen atoms in total. The Labute approximate surface area is 132 Å². The van der Waals surface area contributed by atoms with Gasteiger partial charge in [0, 0.05) is 16.0 Å². The molecule has 21 heavy (non-hydrogen) atoms. The van der Waals surface area contributed by atoms with Crippen LogP contribution in [0.25, 0.3) is 0 Å². The summed E-state index contributed by atoms with van der Waals surface area (Å²) in [7, 11) is 0. The summed E-state index contributed by atoms with van der Waals surface area (Å²) in [6.45, 7) is 5.87. The Bertz CT molecular complexity index is 719. The average Bonchev–Trinajstić information content (AvgIpc) is 2.43. The van der Waals surface area contributed by atoms with Gasteiger partial charge in [-0.1, -0.05) is 29.8 Å². The van der Waals surface area contributed by atoms with Gasteiger partial charge in [0.15, 0.2) is 0 Å². The van der Waals surface area contributed by atoms with E-state index in [1.54, 1.807) is 6.07 Å². The number of anilines is 3. The number of nitrogens with two attached hydrogens (primary N) is 1. The number of hydrogen-bond acceptors (Lipinski definition) is 5. The van der Waals surface area contributed by atoms with Crippen molar-refractivity contribution in [1.82, 2.24) is 9.97 Å². The van der Waals surface area contributed by atoms with Gasteiger partial charge >= 0.3 is 0 Å². The monoisotopic (exact) mass is 345 g/mol. The zero-order chi connectivity index (χ0) is 15.6. The van der Waals surface area contributed by atoms with Gasteiger partial charge in [0.1, 0.15) is 23.5 Å². The number of halogens is 1. The minimum Gasteiger partial charge on any atom is -0.383 e. The second-order valence-corrected chi connectivity index (χ2v) is 5.94. The number of benzene rings is 1. The Hall–Kier alpha value is -2.13. The molecule has 2 rings (SSSR count). The van der Waals surface area contributed by atoms with E-state index in [1.165, 1.54) is 0 Å². The molecule has 0 saturated heterocycles. The van der Waals surface area contributed by atoms with Crippen LogP contribution in [0.4, 0.5) is 17.3 Å². The Morgan fingerprint density at radius 3 is 2.67 bits per heavy atom. The zero-order valence-corrected chi connectivity index (χ0v) is 13.7. The van der Waals surface area contributed by atoms with Crippen LogP contribution < -0.4 is 11.1 Å². The molecule has 1 heterocycles. The molecule has 1 aromatic heterocycles. The maximum atomic E-state index is 9.19. The zero-order valence-electron chi connectivity index (χ0n) is 12.1. The summed E-state index contributed by atoms with van der Waals surface area (Å²) in [5, 5.41) is 12.4. The van der Waals surface area contributed by atoms with E-state index in [0.717, 1.165) is 10.0 Å². The van der Waals surface area contributed by atoms with Gasteiger partial charge in [-0.3, -0.25) is 0 Å². The molecule has 0 radical (unpaired) electrons. The maximum absolute atomic E-state index is 9.19. The highest BCUT2D eigenvalue weighted by molar-refractivity contribution is 9.10. The number of rotatable bonds is 3. The lowest BCUT2D eigenvalue weighted by Crippen LogP contribution is -2.08. The molecule has 6 heteroatoms. The van der Waals surface area contributed by atoms with Crippen LogP contribution in [0.1, 0.15) is 36.7 Å². The standard InChI is InChI=1S/C15H16BrN5/c1-8(2)14-20-13(18)9(3)15(21-14)19-12-6-11(16)5-4-10(12)7-17/h4-6,8H,1-3H3,(H3,18,19,20,21). The van der Waals surface area contributed by atoms with Crippen LogP contribution in [0.3, 0.4) is 0 Å². The molecule has 0 bridgehead atoms. The Morgan fingerprint density at radius 1 is 1.33 bits per heavy atom. The second-order valence-electron chi connectivity index (χ2n) is 5.02. The summed E-state index contributed by atoms with van der Waals surface area (Å²) >= 11 is 3.40. The Kier molecular flexibility index (Phi) is 4.43. The van der Waals surface area contributed by atoms with Gasteiger partial charge in [-0.25, -0.2) is 9.97 Å². The van der Waals surface area contributed by atoms with Gasteiger partial charge in [0.05, 0.1) is 11.3 Å². The highest BCUT2D eigenvalue weighted by atomic mass is 79.9. The van der Waals surface area contributed by atoms with Gasteiger partial charge in [-0.05, 0) is 25.1 Å². The molecule has 0 aliphatic carbocycles. The van der Waals surface area contributed by atoms with Gasteiger partial charge in [0.25, 0.3) is 0 Å². The van der Waals surface area contributed by atoms with Crippen molar-refractivity contribution in [2.45, 2.75) is 26.7 Å². The van der Waals surface area contributed by atoms with Crippen molar-refractivity contribution in [1.29, 1.82) is 5.26 Å². The van der Waals surface area contributed by atoms with E-state index < -0.39 is 0 Å². The van der Waals surface area contributed by atoms with Crippen molar-refractivity contribution in [3.8, 4) is 6.07 Å². The van der Waals surface area contributed by atoms with Crippen LogP contribution >= 0.6 is 15.9 Å². The summed E-state index contributed by atoms with van der Waals surface area (Å²) in [5.74, 6) is 1.92. The number of aromatic nitrogens is 2. The third kappa shape index (κ3) is 3.31. The van der Waals surface area contributed by atoms with Crippen LogP contribution in [0.5, 0.6) is 0 Å². The molecule has 0 fully saturated rings. The third-order valence-electron chi connectivity index (χ3n) is 3.07. The minimum atomic E-state index is 0.173. The first-order chi connectivity index (χ1) is 9.92. The fraction of sp³-hybridized carbons (Fsp3) is 0.267. The predicted molar refractivity (Wildman–Crippen MR) is 87.4 cm³/mol. The number of hydrogen-bond donors (Lipinski definition) is 2. The summed E-state index contributed by atoms with van der Waals surface area (Å²) in [6, 6.07) is 7.56. The Balaban J connectivity index is 2.49. The summed E-state index contributed by atoms with van der Waals surface area (Å²) < 4.78 is 0.882. The SMILES string of the molecule is Cc1c(N)nc(C(C)C)nc1Nc1cc(Br)ccc1C#N. The van der Waals surface area contributed by atoms with Gasteiger partial charge in [-0.2, -0.15) is 5.26 Å². The molecule has 3 N–H and O–H groups in total. The van der Waals surface area contributed by atoms with Crippen molar-refractivity contribution in [3.63, 3.8) is 0 Å². The van der Waals surface area contributed by atoms with E-state index in [-0.39, 0.29) is 5.92 Å². The summed E-state index contributed by atoms with van der Waals surface area (Å²) in [5.41, 5.74) is 7.94. The first-order valence-electron chi connectivity index (χ1n) is 6.53. The van der Waals surface area contributed by atoms with E-state index in [2.05, 4.69) is 37.3 Å². The van der Waals surface area contributed by atoms with Crippen LogP contribution in [0.2, 0.25) is 0 Å². The second kappa shape index (κ2) is 6.10. The fourth-order valence-corrected chi connectivity index (χ4v) is 2.14. The van der Waals surface area contributed by atoms with Gasteiger partial charge < -0.3 is 11.1 Å². The fourth-order valence-electron chi connectivity index (χ4n) is 1.78. The van der Waals surface area contributed by atoms with Crippen molar-refractivity contribution in [3.05, 3.63) is 39.6 Å². The summed E-state index contributed by atoms with van der Waals surface area (Å²) in [4.78, 5) is 8.79. The Morgan fingerprint density at radius 2 is 2.05 bits per heavy atom. The molecular formula is C15H16BrN5. The van der Waals surface area contributed by atoms with Crippen LogP contribution in [-0.2, 0) is 0 Å². The van der Waals surface area contributed by atoms with Crippen molar-refractivity contribution < 1.29 is 0 Å². The molecule has 2 aromatic rings. The number of nitriles is 1. The molecule has 108 valence electrons. The first kappa shape index (κ1) is 15.3. The largest absolute Gasteiger partial charge is 0.383 e. The number of nitrogen functional groups attached to an aromatic ring is 1. The molecule has 1 aromatic carbocycles. The van der Waals surface area contributed by atoms with Gasteiger partial charge in [0.2, 0.25) is 0 Å². The van der Waals surface area contributed by atoms with Crippen LogP contribution in [0.15, 0.2) is 22.7 Å². The van der Waals surface area contributed by atoms with Crippen LogP contribution in [-0.4, -0.2) is 9.97 Å². The average molecular weight is 346 g/mol. The highest BCUT2D eigenvalue weighted by Gasteiger charge is 2.13. The molecule has 0 unspecified atom stereocenters. The van der Waals surface area contributed by atoms with E-state index in [0.29, 0.717) is 28.7 Å². The van der Waals surface area contributed by atoms with E-state index >= 15 is 0 Å². The molecule has 0 atom stereocenters. The van der Waals surface area contributed by atoms with Crippen molar-refractivity contribution in [2.24, 2.45) is 0 Å². The van der Waals surface area contributed by atoms with Crippen LogP contribution in [0, 0.1) is 18.3 Å². The van der Waals surface area contributed by atoms with Crippen molar-refractivity contribution in [2.75, 3.05) is 11.1 Å². The lowest BCUT2D eigenvalue weighted by molar-refractivity contribution is 0.776. The normalized spacial score (nSPS) is 10.5. The molecule has 0 saturated carbocycles. The maximum Gasteiger partial charge on any atom is 0.139 e. The smallest absolute Gasteiger partial charge is 0.139 e. The molecule has 0 spiro atoms. The van der Waals surface area contributed by atoms with E-state index in [1.807, 2.05) is 32.9 Å². The predicted octanol–water partition coefficient (Wildman–Crippen LogP) is 3.87. The molecule has 0 amide bonds. The van der Waals surface area contributed by atoms with Gasteiger partial charge in [-0.15, -0.1) is 0 Å². The minimum absolute atomic E-state index is 0.173. The summed E-state index contributed by atoms with van der Waals surface area (Å²) in [6.07, 6.45) is 0. The quantitative estimate of drug-likeness (QED) is 0.881. The number of nitrogens with one attached hydrogen (secondary N) is 1. The molecular weight excluding hydrogens is 330 g/mol. The van der Waals surface area contributed by atoms with E-state index in [4.69, 9.17) is 5.73 Å². The highest BCUT2D eigenvalue weighted by Crippen LogP contribution is 2.27.